The van der Waals surface area contributed by atoms with Crippen LogP contribution in [0.2, 0.25) is 0 Å². The second-order valence-electron chi connectivity index (χ2n) is 5.47. The molecule has 0 unspecified atom stereocenters. The summed E-state index contributed by atoms with van der Waals surface area (Å²) in [5, 5.41) is 6.91. The van der Waals surface area contributed by atoms with Crippen LogP contribution in [0.4, 0.5) is 5.13 Å². The van der Waals surface area contributed by atoms with Gasteiger partial charge in [-0.2, -0.15) is 0 Å². The summed E-state index contributed by atoms with van der Waals surface area (Å²) < 4.78 is 0. The van der Waals surface area contributed by atoms with E-state index in [1.54, 1.807) is 11.3 Å². The third-order valence-electron chi connectivity index (χ3n) is 2.82. The fourth-order valence-corrected chi connectivity index (χ4v) is 2.90. The van der Waals surface area contributed by atoms with Crippen molar-refractivity contribution in [2.75, 3.05) is 18.0 Å². The summed E-state index contributed by atoms with van der Waals surface area (Å²) in [6.07, 6.45) is 4.33. The molecule has 1 aromatic heterocycles. The first-order chi connectivity index (χ1) is 7.54. The highest BCUT2D eigenvalue weighted by Crippen LogP contribution is 2.22. The van der Waals surface area contributed by atoms with Gasteiger partial charge in [-0.05, 0) is 33.6 Å². The van der Waals surface area contributed by atoms with E-state index >= 15 is 0 Å². The lowest BCUT2D eigenvalue weighted by atomic mass is 10.0. The van der Waals surface area contributed by atoms with Gasteiger partial charge in [-0.1, -0.05) is 0 Å². The molecule has 16 heavy (non-hydrogen) atoms. The van der Waals surface area contributed by atoms with Crippen molar-refractivity contribution >= 4 is 16.5 Å². The molecule has 1 aromatic rings. The fourth-order valence-electron chi connectivity index (χ4n) is 2.20. The van der Waals surface area contributed by atoms with Gasteiger partial charge in [0.25, 0.3) is 0 Å². The lowest BCUT2D eigenvalue weighted by Crippen LogP contribution is -2.49. The van der Waals surface area contributed by atoms with Crippen molar-refractivity contribution in [1.29, 1.82) is 0 Å². The van der Waals surface area contributed by atoms with Gasteiger partial charge in [0.1, 0.15) is 0 Å². The minimum absolute atomic E-state index is 0.230. The number of anilines is 1. The van der Waals surface area contributed by atoms with Crippen molar-refractivity contribution in [1.82, 2.24) is 10.3 Å². The zero-order chi connectivity index (χ0) is 11.6. The second-order valence-corrected chi connectivity index (χ2v) is 6.34. The molecule has 0 spiro atoms. The highest BCUT2D eigenvalue weighted by Gasteiger charge is 2.23. The fraction of sp³-hybridized carbons (Fsp3) is 0.750. The van der Waals surface area contributed by atoms with Crippen LogP contribution in [0.5, 0.6) is 0 Å². The summed E-state index contributed by atoms with van der Waals surface area (Å²) in [4.78, 5) is 6.76. The quantitative estimate of drug-likeness (QED) is 0.859. The van der Waals surface area contributed by atoms with Gasteiger partial charge in [-0.3, -0.25) is 0 Å². The van der Waals surface area contributed by atoms with Crippen LogP contribution in [0.25, 0.3) is 0 Å². The number of rotatable bonds is 2. The lowest BCUT2D eigenvalue weighted by molar-refractivity contribution is 0.317. The van der Waals surface area contributed by atoms with Gasteiger partial charge < -0.3 is 10.2 Å². The molecule has 0 amide bonds. The first-order valence-electron chi connectivity index (χ1n) is 5.97. The minimum atomic E-state index is 0.230. The van der Waals surface area contributed by atoms with Crippen LogP contribution in [0.15, 0.2) is 11.6 Å². The van der Waals surface area contributed by atoms with Gasteiger partial charge in [-0.15, -0.1) is 11.3 Å². The maximum atomic E-state index is 4.36. The molecule has 0 radical (unpaired) electrons. The average molecular weight is 239 g/mol. The van der Waals surface area contributed by atoms with Crippen LogP contribution in [0.3, 0.4) is 0 Å². The Bertz CT molecular complexity index is 308. The number of piperidine rings is 1. The smallest absolute Gasteiger partial charge is 0.185 e. The van der Waals surface area contributed by atoms with Gasteiger partial charge in [-0.25, -0.2) is 4.98 Å². The minimum Gasteiger partial charge on any atom is -0.348 e. The number of nitrogens with zero attached hydrogens (tertiary/aromatic N) is 2. The zero-order valence-electron chi connectivity index (χ0n) is 10.4. The van der Waals surface area contributed by atoms with Crippen LogP contribution in [-0.4, -0.2) is 29.7 Å². The molecule has 1 fully saturated rings. The summed E-state index contributed by atoms with van der Waals surface area (Å²) in [6, 6.07) is 0.663. The number of hydrogen-bond donors (Lipinski definition) is 1. The molecule has 1 aliphatic heterocycles. The van der Waals surface area contributed by atoms with Gasteiger partial charge in [0.15, 0.2) is 5.13 Å². The normalized spacial score (nSPS) is 19.1. The van der Waals surface area contributed by atoms with E-state index in [0.29, 0.717) is 6.04 Å². The van der Waals surface area contributed by atoms with Crippen LogP contribution >= 0.6 is 11.3 Å². The van der Waals surface area contributed by atoms with Crippen molar-refractivity contribution in [2.24, 2.45) is 0 Å². The molecule has 2 rings (SSSR count). The van der Waals surface area contributed by atoms with E-state index in [1.165, 1.54) is 18.0 Å². The summed E-state index contributed by atoms with van der Waals surface area (Å²) >= 11 is 1.74. The van der Waals surface area contributed by atoms with Crippen LogP contribution in [-0.2, 0) is 0 Å². The average Bonchev–Trinajstić information content (AvgIpc) is 2.69. The van der Waals surface area contributed by atoms with E-state index in [4.69, 9.17) is 0 Å². The molecule has 1 N–H and O–H groups in total. The van der Waals surface area contributed by atoms with E-state index in [-0.39, 0.29) is 5.54 Å². The summed E-state index contributed by atoms with van der Waals surface area (Å²) in [5.41, 5.74) is 0.230. The number of hydrogen-bond acceptors (Lipinski definition) is 4. The molecular weight excluding hydrogens is 218 g/mol. The number of aromatic nitrogens is 1. The predicted molar refractivity (Wildman–Crippen MR) is 70.2 cm³/mol. The van der Waals surface area contributed by atoms with Gasteiger partial charge in [0.2, 0.25) is 0 Å². The number of thiazole rings is 1. The highest BCUT2D eigenvalue weighted by atomic mass is 32.1. The van der Waals surface area contributed by atoms with E-state index in [0.717, 1.165) is 13.1 Å². The van der Waals surface area contributed by atoms with Crippen molar-refractivity contribution in [2.45, 2.75) is 45.2 Å². The van der Waals surface area contributed by atoms with Crippen molar-refractivity contribution in [3.63, 3.8) is 0 Å². The predicted octanol–water partition coefficient (Wildman–Crippen LogP) is 2.50. The summed E-state index contributed by atoms with van der Waals surface area (Å²) in [7, 11) is 0. The third kappa shape index (κ3) is 3.19. The highest BCUT2D eigenvalue weighted by molar-refractivity contribution is 7.13. The van der Waals surface area contributed by atoms with Crippen LogP contribution < -0.4 is 10.2 Å². The Kier molecular flexibility index (Phi) is 3.50. The Morgan fingerprint density at radius 1 is 1.38 bits per heavy atom. The van der Waals surface area contributed by atoms with Gasteiger partial charge in [0, 0.05) is 36.2 Å². The molecule has 4 heteroatoms. The first-order valence-corrected chi connectivity index (χ1v) is 6.85. The molecule has 0 saturated carbocycles. The van der Waals surface area contributed by atoms with E-state index in [1.807, 2.05) is 6.20 Å². The molecule has 0 bridgehead atoms. The molecule has 3 nitrogen and oxygen atoms in total. The molecular formula is C12H21N3S. The van der Waals surface area contributed by atoms with Crippen molar-refractivity contribution < 1.29 is 0 Å². The van der Waals surface area contributed by atoms with E-state index in [9.17, 15) is 0 Å². The third-order valence-corrected chi connectivity index (χ3v) is 3.65. The van der Waals surface area contributed by atoms with E-state index < -0.39 is 0 Å². The molecule has 90 valence electrons. The van der Waals surface area contributed by atoms with Crippen molar-refractivity contribution in [3.8, 4) is 0 Å². The monoisotopic (exact) mass is 239 g/mol. The summed E-state index contributed by atoms with van der Waals surface area (Å²) in [6.45, 7) is 8.96. The lowest BCUT2D eigenvalue weighted by Gasteiger charge is -2.36. The largest absolute Gasteiger partial charge is 0.348 e. The van der Waals surface area contributed by atoms with Crippen LogP contribution in [0.1, 0.15) is 33.6 Å². The molecule has 0 aliphatic carbocycles. The molecule has 1 saturated heterocycles. The maximum Gasteiger partial charge on any atom is 0.185 e. The second kappa shape index (κ2) is 4.72. The Labute approximate surface area is 102 Å². The Balaban J connectivity index is 1.83. The van der Waals surface area contributed by atoms with E-state index in [2.05, 4.69) is 41.4 Å². The first kappa shape index (κ1) is 11.9. The molecule has 0 aromatic carbocycles. The number of nitrogens with one attached hydrogen (secondary N) is 1. The maximum absolute atomic E-state index is 4.36. The zero-order valence-corrected chi connectivity index (χ0v) is 11.2. The Hall–Kier alpha value is -0.610. The standard InChI is InChI=1S/C12H21N3S/c1-12(2,3)14-10-4-7-15(8-5-10)11-13-6-9-16-11/h6,9-10,14H,4-5,7-8H2,1-3H3. The van der Waals surface area contributed by atoms with Gasteiger partial charge >= 0.3 is 0 Å². The van der Waals surface area contributed by atoms with Gasteiger partial charge in [0.05, 0.1) is 0 Å². The van der Waals surface area contributed by atoms with Crippen LogP contribution in [0, 0.1) is 0 Å². The molecule has 2 heterocycles. The topological polar surface area (TPSA) is 28.2 Å². The molecule has 1 aliphatic rings. The summed E-state index contributed by atoms with van der Waals surface area (Å²) in [5.74, 6) is 0. The molecule has 0 atom stereocenters. The Morgan fingerprint density at radius 3 is 2.56 bits per heavy atom. The SMILES string of the molecule is CC(C)(C)NC1CCN(c2nccs2)CC1. The Morgan fingerprint density at radius 2 is 2.06 bits per heavy atom. The van der Waals surface area contributed by atoms with Crippen molar-refractivity contribution in [3.05, 3.63) is 11.6 Å².